The van der Waals surface area contributed by atoms with Gasteiger partial charge in [0.15, 0.2) is 16.5 Å². The van der Waals surface area contributed by atoms with Crippen LogP contribution in [-0.2, 0) is 33.9 Å². The van der Waals surface area contributed by atoms with Gasteiger partial charge >= 0.3 is 12.1 Å². The first-order valence-electron chi connectivity index (χ1n) is 18.3. The molecule has 3 amide bonds. The van der Waals surface area contributed by atoms with Crippen LogP contribution in [0.5, 0.6) is 0 Å². The molecule has 59 heavy (non-hydrogen) atoms. The normalized spacial score (nSPS) is 16.4. The number of para-hydroxylation sites is 1. The Morgan fingerprint density at radius 1 is 0.898 bits per heavy atom. The molecule has 0 bridgehead atoms. The zero-order valence-electron chi connectivity index (χ0n) is 32.8. The van der Waals surface area contributed by atoms with Gasteiger partial charge in [-0.3, -0.25) is 14.3 Å². The van der Waals surface area contributed by atoms with E-state index in [1.807, 2.05) is 84.9 Å². The van der Waals surface area contributed by atoms with Crippen LogP contribution in [0.1, 0.15) is 56.5 Å². The smallest absolute Gasteiger partial charge is 0.408 e. The highest BCUT2D eigenvalue weighted by atomic mass is 33.1. The van der Waals surface area contributed by atoms with Crippen molar-refractivity contribution in [2.45, 2.75) is 67.2 Å². The van der Waals surface area contributed by atoms with Crippen LogP contribution in [-0.4, -0.2) is 71.5 Å². The van der Waals surface area contributed by atoms with Crippen molar-refractivity contribution in [3.8, 4) is 0 Å². The van der Waals surface area contributed by atoms with E-state index in [0.29, 0.717) is 9.91 Å². The number of hydrogen-bond donors (Lipinski definition) is 3. The molecule has 1 aliphatic rings. The SMILES string of the molecule is C=C(C)C(C(=O)OC(c1ccccc1)c1ccccc1)N1C(=O)C(NC(=O)C(NC(=O)OC(C)(C)C)c2cccc(NS(C)(=O)=O)c2)C1SSc1nc2ccccc2s1. The number of ether oxygens (including phenoxy) is 2. The molecule has 1 aromatic heterocycles. The summed E-state index contributed by atoms with van der Waals surface area (Å²) >= 11 is 1.46. The van der Waals surface area contributed by atoms with E-state index in [4.69, 9.17) is 14.5 Å². The van der Waals surface area contributed by atoms with Crippen LogP contribution < -0.4 is 15.4 Å². The Kier molecular flexibility index (Phi) is 13.4. The molecule has 0 saturated carbocycles. The Hall–Kier alpha value is -5.36. The third-order valence-electron chi connectivity index (χ3n) is 8.72. The molecule has 0 aliphatic carbocycles. The summed E-state index contributed by atoms with van der Waals surface area (Å²) in [6.45, 7) is 10.7. The van der Waals surface area contributed by atoms with Gasteiger partial charge in [0.1, 0.15) is 23.1 Å². The zero-order valence-corrected chi connectivity index (χ0v) is 36.0. The first-order valence-corrected chi connectivity index (χ1v) is 23.2. The maximum absolute atomic E-state index is 14.4. The van der Waals surface area contributed by atoms with Gasteiger partial charge in [0.2, 0.25) is 21.8 Å². The molecule has 4 atom stereocenters. The average molecular weight is 874 g/mol. The van der Waals surface area contributed by atoms with Crippen molar-refractivity contribution in [3.63, 3.8) is 0 Å². The highest BCUT2D eigenvalue weighted by molar-refractivity contribution is 8.77. The van der Waals surface area contributed by atoms with E-state index in [1.165, 1.54) is 62.1 Å². The summed E-state index contributed by atoms with van der Waals surface area (Å²) < 4.78 is 39.8. The number of nitrogens with zero attached hydrogens (tertiary/aromatic N) is 2. The van der Waals surface area contributed by atoms with Gasteiger partial charge < -0.3 is 25.0 Å². The number of likely N-dealkylation sites (tertiary alicyclic amines) is 1. The van der Waals surface area contributed by atoms with Gasteiger partial charge in [-0.2, -0.15) is 0 Å². The molecule has 0 radical (unpaired) electrons. The molecular weight excluding hydrogens is 831 g/mol. The number of amides is 3. The zero-order chi connectivity index (χ0) is 42.5. The Balaban J connectivity index is 1.32. The highest BCUT2D eigenvalue weighted by Crippen LogP contribution is 2.46. The summed E-state index contributed by atoms with van der Waals surface area (Å²) in [7, 11) is -1.18. The second-order valence-electron chi connectivity index (χ2n) is 14.7. The third kappa shape index (κ3) is 11.0. The molecule has 1 aliphatic heterocycles. The van der Waals surface area contributed by atoms with Gasteiger partial charge in [-0.05, 0) is 85.0 Å². The lowest BCUT2D eigenvalue weighted by Gasteiger charge is -2.49. The molecule has 4 aromatic carbocycles. The maximum atomic E-state index is 14.4. The number of alkyl carbamates (subject to hydrolysis) is 1. The van der Waals surface area contributed by atoms with Gasteiger partial charge in [0.25, 0.3) is 0 Å². The number of aromatic nitrogens is 1. The van der Waals surface area contributed by atoms with Crippen LogP contribution in [0.4, 0.5) is 10.5 Å². The standard InChI is InChI=1S/C42H43N5O8S4/c1-25(2)34(39(50)54-35(26-16-9-7-10-17-26)27-18-11-8-12-19-27)47-37(49)33(38(47)57-58-41-43-30-22-13-14-23-31(30)56-41)44-36(48)32(45-40(51)55-42(3,4)5)28-20-15-21-29(24-28)46-59(6,52)53/h7-24,32-35,38,46H,1H2,2-6H3,(H,44,48)(H,45,51). The number of benzene rings is 4. The van der Waals surface area contributed by atoms with Crippen molar-refractivity contribution < 1.29 is 37.1 Å². The molecule has 6 rings (SSSR count). The Morgan fingerprint density at radius 3 is 2.10 bits per heavy atom. The lowest BCUT2D eigenvalue weighted by molar-refractivity contribution is -0.165. The average Bonchev–Trinajstić information content (AvgIpc) is 3.60. The van der Waals surface area contributed by atoms with Gasteiger partial charge in [-0.25, -0.2) is 23.0 Å². The number of esters is 1. The molecule has 1 saturated heterocycles. The van der Waals surface area contributed by atoms with E-state index >= 15 is 0 Å². The van der Waals surface area contributed by atoms with Crippen molar-refractivity contribution in [1.29, 1.82) is 0 Å². The number of hydrogen-bond acceptors (Lipinski definition) is 12. The van der Waals surface area contributed by atoms with E-state index in [-0.39, 0.29) is 11.3 Å². The van der Waals surface area contributed by atoms with Crippen LogP contribution in [0.2, 0.25) is 0 Å². The fourth-order valence-electron chi connectivity index (χ4n) is 6.25. The number of sulfonamides is 1. The fourth-order valence-corrected chi connectivity index (χ4v) is 10.8. The van der Waals surface area contributed by atoms with E-state index in [9.17, 15) is 27.6 Å². The molecule has 4 unspecified atom stereocenters. The van der Waals surface area contributed by atoms with Crippen LogP contribution >= 0.6 is 32.9 Å². The molecule has 1 fully saturated rings. The number of nitrogens with one attached hydrogen (secondary N) is 3. The monoisotopic (exact) mass is 873 g/mol. The summed E-state index contributed by atoms with van der Waals surface area (Å²) in [6.07, 6.45) is -0.734. The van der Waals surface area contributed by atoms with E-state index < -0.39 is 69.1 Å². The van der Waals surface area contributed by atoms with Crippen LogP contribution in [0.3, 0.4) is 0 Å². The number of rotatable bonds is 15. The van der Waals surface area contributed by atoms with Gasteiger partial charge in [0, 0.05) is 5.69 Å². The predicted octanol–water partition coefficient (Wildman–Crippen LogP) is 7.60. The summed E-state index contributed by atoms with van der Waals surface area (Å²) in [4.78, 5) is 62.2. The lowest BCUT2D eigenvalue weighted by atomic mass is 9.97. The molecule has 308 valence electrons. The lowest BCUT2D eigenvalue weighted by Crippen LogP contribution is -2.73. The van der Waals surface area contributed by atoms with E-state index in [0.717, 1.165) is 27.6 Å². The number of thiazole rings is 1. The first-order chi connectivity index (χ1) is 28.0. The number of carbonyl (C=O) groups is 4. The van der Waals surface area contributed by atoms with Gasteiger partial charge in [0.05, 0.1) is 16.5 Å². The van der Waals surface area contributed by atoms with Crippen molar-refractivity contribution in [2.24, 2.45) is 0 Å². The summed E-state index contributed by atoms with van der Waals surface area (Å²) in [6, 6.07) is 28.2. The molecular formula is C42H43N5O8S4. The number of fused-ring (bicyclic) bond motifs is 1. The summed E-state index contributed by atoms with van der Waals surface area (Å²) in [5.74, 6) is -2.10. The van der Waals surface area contributed by atoms with Crippen LogP contribution in [0.15, 0.2) is 126 Å². The summed E-state index contributed by atoms with van der Waals surface area (Å²) in [5.41, 5.74) is 2.02. The maximum Gasteiger partial charge on any atom is 0.408 e. The highest BCUT2D eigenvalue weighted by Gasteiger charge is 2.55. The molecule has 5 aromatic rings. The van der Waals surface area contributed by atoms with E-state index in [1.54, 1.807) is 27.7 Å². The van der Waals surface area contributed by atoms with Crippen LogP contribution in [0.25, 0.3) is 10.2 Å². The second-order valence-corrected chi connectivity index (χ2v) is 20.1. The second kappa shape index (κ2) is 18.3. The van der Waals surface area contributed by atoms with Crippen molar-refractivity contribution in [1.82, 2.24) is 20.5 Å². The number of β-lactam (4-membered cyclic amide) rings is 1. The number of carbonyl (C=O) groups excluding carboxylic acids is 4. The molecule has 17 heteroatoms. The first kappa shape index (κ1) is 43.2. The van der Waals surface area contributed by atoms with Crippen molar-refractivity contribution >= 4 is 82.7 Å². The van der Waals surface area contributed by atoms with Crippen molar-refractivity contribution in [2.75, 3.05) is 11.0 Å². The Morgan fingerprint density at radius 2 is 1.51 bits per heavy atom. The minimum atomic E-state index is -3.69. The molecule has 3 N–H and O–H groups in total. The predicted molar refractivity (Wildman–Crippen MR) is 232 cm³/mol. The topological polar surface area (TPSA) is 173 Å². The quantitative estimate of drug-likeness (QED) is 0.0409. The summed E-state index contributed by atoms with van der Waals surface area (Å²) in [5, 5.41) is 4.52. The van der Waals surface area contributed by atoms with Crippen LogP contribution in [0, 0.1) is 0 Å². The van der Waals surface area contributed by atoms with Gasteiger partial charge in [-0.15, -0.1) is 11.3 Å². The molecule has 0 spiro atoms. The molecule has 13 nitrogen and oxygen atoms in total. The van der Waals surface area contributed by atoms with Crippen molar-refractivity contribution in [3.05, 3.63) is 138 Å². The van der Waals surface area contributed by atoms with E-state index in [2.05, 4.69) is 21.9 Å². The Bertz CT molecular complexity index is 2390. The fraction of sp³-hybridized carbons (Fsp3) is 0.262. The molecule has 2 heterocycles. The minimum Gasteiger partial charge on any atom is -0.451 e. The third-order valence-corrected chi connectivity index (χ3v) is 13.4. The largest absolute Gasteiger partial charge is 0.451 e. The number of anilines is 1. The Labute approximate surface area is 354 Å². The minimum absolute atomic E-state index is 0.146. The van der Waals surface area contributed by atoms with Gasteiger partial charge in [-0.1, -0.05) is 102 Å².